The van der Waals surface area contributed by atoms with Crippen LogP contribution in [0.3, 0.4) is 0 Å². The van der Waals surface area contributed by atoms with Crippen molar-refractivity contribution >= 4 is 11.6 Å². The van der Waals surface area contributed by atoms with E-state index in [0.29, 0.717) is 22.9 Å². The molecule has 0 unspecified atom stereocenters. The molecule has 1 aromatic carbocycles. The monoisotopic (exact) mass is 305 g/mol. The van der Waals surface area contributed by atoms with Gasteiger partial charge in [-0.05, 0) is 12.1 Å². The Morgan fingerprint density at radius 1 is 1.19 bits per heavy atom. The van der Waals surface area contributed by atoms with Crippen LogP contribution in [0.5, 0.6) is 17.4 Å². The lowest BCUT2D eigenvalue weighted by Gasteiger charge is -2.10. The van der Waals surface area contributed by atoms with Gasteiger partial charge in [-0.1, -0.05) is 11.6 Å². The first-order valence-electron chi connectivity index (χ1n) is 5.94. The molecule has 2 rings (SSSR count). The summed E-state index contributed by atoms with van der Waals surface area (Å²) in [6.45, 7) is 0.224. The smallest absolute Gasteiger partial charge is 0.224 e. The van der Waals surface area contributed by atoms with E-state index in [-0.39, 0.29) is 17.6 Å². The maximum Gasteiger partial charge on any atom is 0.224 e. The molecule has 0 amide bonds. The number of nitriles is 1. The van der Waals surface area contributed by atoms with Gasteiger partial charge >= 0.3 is 0 Å². The van der Waals surface area contributed by atoms with E-state index in [0.717, 1.165) is 0 Å². The lowest BCUT2D eigenvalue weighted by molar-refractivity contribution is 0.177. The molecule has 1 aromatic heterocycles. The molecule has 0 radical (unpaired) electrons. The Bertz CT molecular complexity index is 686. The number of benzene rings is 1. The Labute approximate surface area is 126 Å². The van der Waals surface area contributed by atoms with E-state index in [1.54, 1.807) is 18.2 Å². The molecule has 21 heavy (non-hydrogen) atoms. The Kier molecular flexibility index (Phi) is 4.93. The van der Waals surface area contributed by atoms with Crippen molar-refractivity contribution in [2.75, 3.05) is 14.2 Å². The molecule has 108 valence electrons. The van der Waals surface area contributed by atoms with Gasteiger partial charge in [0, 0.05) is 19.2 Å². The summed E-state index contributed by atoms with van der Waals surface area (Å²) < 4.78 is 15.8. The maximum atomic E-state index is 8.87. The minimum atomic E-state index is 0.224. The van der Waals surface area contributed by atoms with Crippen LogP contribution < -0.4 is 9.47 Å². The van der Waals surface area contributed by atoms with Crippen LogP contribution in [-0.4, -0.2) is 24.2 Å². The second-order valence-electron chi connectivity index (χ2n) is 3.96. The van der Waals surface area contributed by atoms with Gasteiger partial charge in [-0.3, -0.25) is 0 Å². The number of rotatable bonds is 5. The predicted octanol–water partition coefficient (Wildman–Crippen LogP) is 2.95. The van der Waals surface area contributed by atoms with Gasteiger partial charge in [0.05, 0.1) is 18.7 Å². The molecule has 0 saturated carbocycles. The molecule has 1 heterocycles. The number of methoxy groups -OCH3 is 2. The Morgan fingerprint density at radius 2 is 2.00 bits per heavy atom. The zero-order chi connectivity index (χ0) is 15.2. The molecule has 0 N–H and O–H groups in total. The van der Waals surface area contributed by atoms with E-state index < -0.39 is 0 Å². The Balaban J connectivity index is 2.31. The highest BCUT2D eigenvalue weighted by Gasteiger charge is 2.10. The van der Waals surface area contributed by atoms with Gasteiger partial charge < -0.3 is 14.2 Å². The Hall–Kier alpha value is -2.36. The third kappa shape index (κ3) is 3.81. The van der Waals surface area contributed by atoms with Crippen molar-refractivity contribution < 1.29 is 14.2 Å². The lowest BCUT2D eigenvalue weighted by atomic mass is 10.2. The van der Waals surface area contributed by atoms with Crippen LogP contribution in [0.25, 0.3) is 0 Å². The molecule has 0 aliphatic heterocycles. The van der Waals surface area contributed by atoms with Crippen LogP contribution in [0.15, 0.2) is 24.3 Å². The molecular weight excluding hydrogens is 294 g/mol. The molecule has 0 bridgehead atoms. The summed E-state index contributed by atoms with van der Waals surface area (Å²) in [6, 6.07) is 8.34. The summed E-state index contributed by atoms with van der Waals surface area (Å²) in [5.41, 5.74) is 0.472. The van der Waals surface area contributed by atoms with E-state index in [9.17, 15) is 0 Å². The van der Waals surface area contributed by atoms with E-state index in [4.69, 9.17) is 31.1 Å². The molecule has 0 atom stereocenters. The van der Waals surface area contributed by atoms with Gasteiger partial charge in [0.25, 0.3) is 0 Å². The second kappa shape index (κ2) is 6.88. The first-order chi connectivity index (χ1) is 10.2. The highest BCUT2D eigenvalue weighted by Crippen LogP contribution is 2.32. The van der Waals surface area contributed by atoms with Crippen molar-refractivity contribution in [1.29, 1.82) is 5.26 Å². The molecule has 2 aromatic rings. The summed E-state index contributed by atoms with van der Waals surface area (Å²) in [5, 5.41) is 9.12. The van der Waals surface area contributed by atoms with Crippen LogP contribution in [-0.2, 0) is 11.3 Å². The largest absolute Gasteiger partial charge is 0.493 e. The van der Waals surface area contributed by atoms with Gasteiger partial charge in [0.15, 0.2) is 17.3 Å². The van der Waals surface area contributed by atoms with Crippen LogP contribution in [0.4, 0.5) is 0 Å². The van der Waals surface area contributed by atoms with Crippen molar-refractivity contribution in [1.82, 2.24) is 9.97 Å². The first-order valence-corrected chi connectivity index (χ1v) is 6.32. The summed E-state index contributed by atoms with van der Waals surface area (Å²) in [7, 11) is 3.03. The fourth-order valence-electron chi connectivity index (χ4n) is 1.62. The summed E-state index contributed by atoms with van der Waals surface area (Å²) in [6.07, 6.45) is 0. The molecule has 6 nitrogen and oxygen atoms in total. The standard InChI is InChI=1S/C14H12ClN3O3/c1-19-8-13-17-12(15)6-14(18-13)21-10-4-3-9(7-16)5-11(10)20-2/h3-6H,8H2,1-2H3. The summed E-state index contributed by atoms with van der Waals surface area (Å²) in [5.74, 6) is 1.53. The SMILES string of the molecule is COCc1nc(Cl)cc(Oc2ccc(C#N)cc2OC)n1. The average Bonchev–Trinajstić information content (AvgIpc) is 2.47. The van der Waals surface area contributed by atoms with Crippen molar-refractivity contribution in [3.05, 3.63) is 40.8 Å². The van der Waals surface area contributed by atoms with Crippen molar-refractivity contribution in [2.45, 2.75) is 6.61 Å². The van der Waals surface area contributed by atoms with Crippen LogP contribution >= 0.6 is 11.6 Å². The van der Waals surface area contributed by atoms with Crippen LogP contribution in [0.1, 0.15) is 11.4 Å². The number of aromatic nitrogens is 2. The van der Waals surface area contributed by atoms with Crippen molar-refractivity contribution in [3.8, 4) is 23.4 Å². The molecule has 0 spiro atoms. The minimum absolute atomic E-state index is 0.224. The van der Waals surface area contributed by atoms with Gasteiger partial charge in [0.2, 0.25) is 5.88 Å². The second-order valence-corrected chi connectivity index (χ2v) is 4.34. The van der Waals surface area contributed by atoms with Crippen molar-refractivity contribution in [2.24, 2.45) is 0 Å². The number of hydrogen-bond acceptors (Lipinski definition) is 6. The van der Waals surface area contributed by atoms with Gasteiger partial charge in [-0.25, -0.2) is 4.98 Å². The highest BCUT2D eigenvalue weighted by molar-refractivity contribution is 6.29. The molecule has 0 aliphatic carbocycles. The van der Waals surface area contributed by atoms with Gasteiger partial charge in [0.1, 0.15) is 11.8 Å². The molecule has 0 aliphatic rings. The van der Waals surface area contributed by atoms with Crippen LogP contribution in [0.2, 0.25) is 5.15 Å². The van der Waals surface area contributed by atoms with Gasteiger partial charge in [-0.15, -0.1) is 0 Å². The predicted molar refractivity (Wildman–Crippen MR) is 75.5 cm³/mol. The number of halogens is 1. The molecule has 0 saturated heterocycles. The van der Waals surface area contributed by atoms with Crippen molar-refractivity contribution in [3.63, 3.8) is 0 Å². The third-order valence-electron chi connectivity index (χ3n) is 2.50. The molecule has 7 heteroatoms. The zero-order valence-corrected chi connectivity index (χ0v) is 12.2. The highest BCUT2D eigenvalue weighted by atomic mass is 35.5. The van der Waals surface area contributed by atoms with E-state index >= 15 is 0 Å². The fourth-order valence-corrected chi connectivity index (χ4v) is 1.81. The Morgan fingerprint density at radius 3 is 2.67 bits per heavy atom. The lowest BCUT2D eigenvalue weighted by Crippen LogP contribution is -2.00. The third-order valence-corrected chi connectivity index (χ3v) is 2.69. The van der Waals surface area contributed by atoms with E-state index in [2.05, 4.69) is 9.97 Å². The normalized spacial score (nSPS) is 10.0. The molecule has 0 fully saturated rings. The number of hydrogen-bond donors (Lipinski definition) is 0. The van der Waals surface area contributed by atoms with Crippen LogP contribution in [0, 0.1) is 11.3 Å². The fraction of sp³-hybridized carbons (Fsp3) is 0.214. The summed E-state index contributed by atoms with van der Waals surface area (Å²) in [4.78, 5) is 8.18. The summed E-state index contributed by atoms with van der Waals surface area (Å²) >= 11 is 5.91. The first kappa shape index (κ1) is 15.0. The number of ether oxygens (including phenoxy) is 3. The average molecular weight is 306 g/mol. The number of nitrogens with zero attached hydrogens (tertiary/aromatic N) is 3. The maximum absolute atomic E-state index is 8.87. The molecular formula is C14H12ClN3O3. The van der Waals surface area contributed by atoms with Gasteiger partial charge in [-0.2, -0.15) is 10.2 Å². The topological polar surface area (TPSA) is 77.3 Å². The van der Waals surface area contributed by atoms with E-state index in [1.165, 1.54) is 20.3 Å². The van der Waals surface area contributed by atoms with E-state index in [1.807, 2.05) is 6.07 Å². The minimum Gasteiger partial charge on any atom is -0.493 e. The quantitative estimate of drug-likeness (QED) is 0.790. The zero-order valence-electron chi connectivity index (χ0n) is 11.5.